The third-order valence-corrected chi connectivity index (χ3v) is 4.41. The third-order valence-electron chi connectivity index (χ3n) is 3.83. The fourth-order valence-corrected chi connectivity index (χ4v) is 2.36. The number of hydrogen-bond donors (Lipinski definition) is 1. The highest BCUT2D eigenvalue weighted by atomic mass is 35.5. The van der Waals surface area contributed by atoms with Gasteiger partial charge in [0.1, 0.15) is 0 Å². The van der Waals surface area contributed by atoms with Crippen molar-refractivity contribution >= 4 is 23.2 Å². The molecule has 0 amide bonds. The van der Waals surface area contributed by atoms with Gasteiger partial charge in [0.15, 0.2) is 0 Å². The summed E-state index contributed by atoms with van der Waals surface area (Å²) < 4.78 is 0. The molecule has 0 aliphatic heterocycles. The number of nitrogens with two attached hydrogens (primary N) is 1. The van der Waals surface area contributed by atoms with E-state index in [1.807, 2.05) is 12.1 Å². The van der Waals surface area contributed by atoms with Gasteiger partial charge in [-0.1, -0.05) is 30.1 Å². The van der Waals surface area contributed by atoms with Gasteiger partial charge in [-0.25, -0.2) is 0 Å². The molecule has 1 aromatic rings. The Kier molecular flexibility index (Phi) is 5.47. The molecule has 1 unspecified atom stereocenters. The van der Waals surface area contributed by atoms with Gasteiger partial charge in [-0.3, -0.25) is 4.90 Å². The Morgan fingerprint density at radius 3 is 2.44 bits per heavy atom. The summed E-state index contributed by atoms with van der Waals surface area (Å²) in [6.07, 6.45) is 1.04. The molecule has 0 radical (unpaired) electrons. The molecule has 1 atom stereocenters. The van der Waals surface area contributed by atoms with Gasteiger partial charge in [0.05, 0.1) is 0 Å². The number of likely N-dealkylation sites (N-methyl/N-ethyl adjacent to an activating group) is 1. The van der Waals surface area contributed by atoms with Crippen LogP contribution in [0.25, 0.3) is 0 Å². The van der Waals surface area contributed by atoms with Gasteiger partial charge in [0, 0.05) is 28.2 Å². The number of benzene rings is 1. The Morgan fingerprint density at radius 2 is 1.94 bits per heavy atom. The lowest BCUT2D eigenvalue weighted by Crippen LogP contribution is -2.45. The predicted molar refractivity (Wildman–Crippen MR) is 80.4 cm³/mol. The molecular formula is C14H22Cl2N2. The molecule has 0 saturated heterocycles. The predicted octanol–water partition coefficient (Wildman–Crippen LogP) is 4.11. The minimum atomic E-state index is 0.0652. The maximum atomic E-state index is 6.27. The van der Waals surface area contributed by atoms with Crippen molar-refractivity contribution < 1.29 is 0 Å². The molecule has 2 nitrogen and oxygen atoms in total. The normalized spacial score (nSPS) is 14.0. The molecule has 102 valence electrons. The zero-order valence-electron chi connectivity index (χ0n) is 11.5. The Balaban J connectivity index is 3.13. The number of halogens is 2. The van der Waals surface area contributed by atoms with Gasteiger partial charge >= 0.3 is 0 Å². The first-order chi connectivity index (χ1) is 8.33. The van der Waals surface area contributed by atoms with Crippen molar-refractivity contribution in [3.05, 3.63) is 33.8 Å². The second-order valence-electron chi connectivity index (χ2n) is 5.19. The van der Waals surface area contributed by atoms with E-state index >= 15 is 0 Å². The van der Waals surface area contributed by atoms with Crippen LogP contribution in [0.5, 0.6) is 0 Å². The third kappa shape index (κ3) is 3.39. The first-order valence-electron chi connectivity index (χ1n) is 6.21. The Hall–Kier alpha value is -0.280. The van der Waals surface area contributed by atoms with E-state index in [0.29, 0.717) is 16.6 Å². The van der Waals surface area contributed by atoms with Gasteiger partial charge in [0.2, 0.25) is 0 Å². The van der Waals surface area contributed by atoms with E-state index in [9.17, 15) is 0 Å². The van der Waals surface area contributed by atoms with Crippen LogP contribution in [-0.4, -0.2) is 24.0 Å². The molecule has 18 heavy (non-hydrogen) atoms. The molecular weight excluding hydrogens is 267 g/mol. The number of hydrogen-bond acceptors (Lipinski definition) is 2. The van der Waals surface area contributed by atoms with Crippen molar-refractivity contribution in [1.29, 1.82) is 0 Å². The van der Waals surface area contributed by atoms with E-state index in [2.05, 4.69) is 32.7 Å². The fraction of sp³-hybridized carbons (Fsp3) is 0.571. The molecule has 1 rings (SSSR count). The van der Waals surface area contributed by atoms with E-state index in [1.54, 1.807) is 6.07 Å². The van der Waals surface area contributed by atoms with Crippen molar-refractivity contribution in [1.82, 2.24) is 4.90 Å². The van der Waals surface area contributed by atoms with Gasteiger partial charge in [-0.15, -0.1) is 0 Å². The Morgan fingerprint density at radius 1 is 1.33 bits per heavy atom. The molecule has 4 heteroatoms. The molecule has 0 aromatic heterocycles. The number of nitrogens with zero attached hydrogens (tertiary/aromatic N) is 1. The summed E-state index contributed by atoms with van der Waals surface area (Å²) in [5.74, 6) is 0. The highest BCUT2D eigenvalue weighted by molar-refractivity contribution is 6.33. The van der Waals surface area contributed by atoms with Crippen LogP contribution in [-0.2, 0) is 0 Å². The summed E-state index contributed by atoms with van der Waals surface area (Å²) in [7, 11) is 2.08. The lowest BCUT2D eigenvalue weighted by atomic mass is 9.95. The molecule has 0 aliphatic rings. The summed E-state index contributed by atoms with van der Waals surface area (Å²) in [6, 6.07) is 5.61. The van der Waals surface area contributed by atoms with Gasteiger partial charge < -0.3 is 5.73 Å². The van der Waals surface area contributed by atoms with E-state index < -0.39 is 0 Å². The first-order valence-corrected chi connectivity index (χ1v) is 6.97. The minimum Gasteiger partial charge on any atom is -0.329 e. The summed E-state index contributed by atoms with van der Waals surface area (Å²) in [5, 5.41) is 1.41. The maximum Gasteiger partial charge on any atom is 0.0487 e. The van der Waals surface area contributed by atoms with E-state index in [0.717, 1.165) is 12.0 Å². The SMILES string of the molecule is CCC(C)(C)N(C)C(CN)c1cc(Cl)ccc1Cl. The summed E-state index contributed by atoms with van der Waals surface area (Å²) >= 11 is 12.3. The highest BCUT2D eigenvalue weighted by Crippen LogP contribution is 2.33. The zero-order chi connectivity index (χ0) is 13.9. The monoisotopic (exact) mass is 288 g/mol. The van der Waals surface area contributed by atoms with Crippen molar-refractivity contribution in [2.75, 3.05) is 13.6 Å². The first kappa shape index (κ1) is 15.8. The molecule has 1 aromatic carbocycles. The Bertz CT molecular complexity index is 405. The fourth-order valence-electron chi connectivity index (χ4n) is 1.93. The quantitative estimate of drug-likeness (QED) is 0.883. The topological polar surface area (TPSA) is 29.3 Å². The van der Waals surface area contributed by atoms with Crippen molar-refractivity contribution in [3.8, 4) is 0 Å². The summed E-state index contributed by atoms with van der Waals surface area (Å²) in [6.45, 7) is 7.09. The van der Waals surface area contributed by atoms with Crippen LogP contribution < -0.4 is 5.73 Å². The average molecular weight is 289 g/mol. The Labute approximate surface area is 120 Å². The van der Waals surface area contributed by atoms with Crippen LogP contribution in [0, 0.1) is 0 Å². The maximum absolute atomic E-state index is 6.27. The largest absolute Gasteiger partial charge is 0.329 e. The average Bonchev–Trinajstić information content (AvgIpc) is 2.34. The molecule has 2 N–H and O–H groups in total. The molecule has 0 saturated carbocycles. The van der Waals surface area contributed by atoms with Crippen LogP contribution in [0.4, 0.5) is 0 Å². The molecule has 0 aliphatic carbocycles. The van der Waals surface area contributed by atoms with Crippen molar-refractivity contribution in [2.45, 2.75) is 38.8 Å². The second-order valence-corrected chi connectivity index (χ2v) is 6.04. The van der Waals surface area contributed by atoms with Crippen LogP contribution in [0.3, 0.4) is 0 Å². The highest BCUT2D eigenvalue weighted by Gasteiger charge is 2.29. The van der Waals surface area contributed by atoms with E-state index in [4.69, 9.17) is 28.9 Å². The second kappa shape index (κ2) is 6.25. The molecule has 0 bridgehead atoms. The molecule has 0 heterocycles. The summed E-state index contributed by atoms with van der Waals surface area (Å²) in [4.78, 5) is 2.27. The van der Waals surface area contributed by atoms with Crippen molar-refractivity contribution in [3.63, 3.8) is 0 Å². The lowest BCUT2D eigenvalue weighted by molar-refractivity contribution is 0.101. The summed E-state index contributed by atoms with van der Waals surface area (Å²) in [5.41, 5.74) is 6.99. The standard InChI is InChI=1S/C14H22Cl2N2/c1-5-14(2,3)18(4)13(9-17)11-8-10(15)6-7-12(11)16/h6-8,13H,5,9,17H2,1-4H3. The van der Waals surface area contributed by atoms with Crippen LogP contribution in [0.1, 0.15) is 38.8 Å². The van der Waals surface area contributed by atoms with Crippen LogP contribution in [0.2, 0.25) is 10.0 Å². The zero-order valence-corrected chi connectivity index (χ0v) is 13.0. The van der Waals surface area contributed by atoms with Gasteiger partial charge in [-0.05, 0) is 51.1 Å². The van der Waals surface area contributed by atoms with E-state index in [-0.39, 0.29) is 11.6 Å². The van der Waals surface area contributed by atoms with Gasteiger partial charge in [0.25, 0.3) is 0 Å². The molecule has 0 fully saturated rings. The van der Waals surface area contributed by atoms with Gasteiger partial charge in [-0.2, -0.15) is 0 Å². The number of rotatable bonds is 5. The lowest BCUT2D eigenvalue weighted by Gasteiger charge is -2.40. The molecule has 0 spiro atoms. The minimum absolute atomic E-state index is 0.0652. The van der Waals surface area contributed by atoms with Crippen LogP contribution >= 0.6 is 23.2 Å². The smallest absolute Gasteiger partial charge is 0.0487 e. The van der Waals surface area contributed by atoms with Crippen molar-refractivity contribution in [2.24, 2.45) is 5.73 Å². The van der Waals surface area contributed by atoms with Crippen LogP contribution in [0.15, 0.2) is 18.2 Å². The van der Waals surface area contributed by atoms with E-state index in [1.165, 1.54) is 0 Å².